The monoisotopic (exact) mass is 287 g/mol. The summed E-state index contributed by atoms with van der Waals surface area (Å²) in [6.45, 7) is 0.456. The van der Waals surface area contributed by atoms with Crippen molar-refractivity contribution in [3.05, 3.63) is 53.6 Å². The average molecular weight is 287 g/mol. The third-order valence-corrected chi connectivity index (χ3v) is 3.12. The van der Waals surface area contributed by atoms with Gasteiger partial charge in [-0.15, -0.1) is 0 Å². The Balaban J connectivity index is 2.24. The molecular weight excluding hydrogens is 270 g/mol. The number of nitrogens with one attached hydrogen (secondary N) is 1. The van der Waals surface area contributed by atoms with Gasteiger partial charge in [0.05, 0.1) is 25.5 Å². The van der Waals surface area contributed by atoms with E-state index in [1.807, 2.05) is 24.3 Å². The van der Waals surface area contributed by atoms with Crippen LogP contribution in [0.15, 0.2) is 42.5 Å². The molecule has 0 saturated heterocycles. The first-order chi connectivity index (χ1) is 10.2. The van der Waals surface area contributed by atoms with E-state index in [-0.39, 0.29) is 5.56 Å². The Morgan fingerprint density at radius 3 is 2.57 bits per heavy atom. The SMILES string of the molecule is COc1ccc(C(=O)O)c(NCc2ccccc2OC)c1. The van der Waals surface area contributed by atoms with E-state index in [0.29, 0.717) is 18.0 Å². The summed E-state index contributed by atoms with van der Waals surface area (Å²) >= 11 is 0. The average Bonchev–Trinajstić information content (AvgIpc) is 2.52. The zero-order chi connectivity index (χ0) is 15.2. The molecule has 0 amide bonds. The van der Waals surface area contributed by atoms with E-state index in [9.17, 15) is 9.90 Å². The van der Waals surface area contributed by atoms with Crippen LogP contribution in [0.4, 0.5) is 5.69 Å². The number of carboxylic acids is 1. The number of para-hydroxylation sites is 1. The molecule has 2 aromatic carbocycles. The third kappa shape index (κ3) is 3.45. The van der Waals surface area contributed by atoms with Gasteiger partial charge in [0.2, 0.25) is 0 Å². The lowest BCUT2D eigenvalue weighted by atomic mass is 10.1. The fourth-order valence-electron chi connectivity index (χ4n) is 2.02. The Labute approximate surface area is 123 Å². The zero-order valence-electron chi connectivity index (χ0n) is 11.9. The van der Waals surface area contributed by atoms with E-state index in [4.69, 9.17) is 9.47 Å². The molecular formula is C16H17NO4. The van der Waals surface area contributed by atoms with Gasteiger partial charge in [0.1, 0.15) is 11.5 Å². The number of hydrogen-bond acceptors (Lipinski definition) is 4. The molecule has 2 aromatic rings. The number of benzene rings is 2. The summed E-state index contributed by atoms with van der Waals surface area (Å²) in [7, 11) is 3.15. The number of anilines is 1. The van der Waals surface area contributed by atoms with Crippen molar-refractivity contribution >= 4 is 11.7 Å². The highest BCUT2D eigenvalue weighted by molar-refractivity contribution is 5.94. The summed E-state index contributed by atoms with van der Waals surface area (Å²) in [6, 6.07) is 12.4. The maximum Gasteiger partial charge on any atom is 0.337 e. The van der Waals surface area contributed by atoms with E-state index in [0.717, 1.165) is 11.3 Å². The van der Waals surface area contributed by atoms with Crippen molar-refractivity contribution in [3.8, 4) is 11.5 Å². The van der Waals surface area contributed by atoms with Gasteiger partial charge in [-0.25, -0.2) is 4.79 Å². The van der Waals surface area contributed by atoms with Crippen LogP contribution < -0.4 is 14.8 Å². The summed E-state index contributed by atoms with van der Waals surface area (Å²) < 4.78 is 10.4. The number of ether oxygens (including phenoxy) is 2. The molecule has 5 nitrogen and oxygen atoms in total. The first-order valence-electron chi connectivity index (χ1n) is 6.42. The van der Waals surface area contributed by atoms with Gasteiger partial charge in [-0.3, -0.25) is 0 Å². The van der Waals surface area contributed by atoms with Gasteiger partial charge in [0.25, 0.3) is 0 Å². The molecule has 2 rings (SSSR count). The first kappa shape index (κ1) is 14.7. The second-order valence-electron chi connectivity index (χ2n) is 4.38. The zero-order valence-corrected chi connectivity index (χ0v) is 11.9. The molecule has 0 unspecified atom stereocenters. The predicted molar refractivity (Wildman–Crippen MR) is 80.3 cm³/mol. The van der Waals surface area contributed by atoms with E-state index in [2.05, 4.69) is 5.32 Å². The number of rotatable bonds is 6. The fourth-order valence-corrected chi connectivity index (χ4v) is 2.02. The highest BCUT2D eigenvalue weighted by Crippen LogP contribution is 2.25. The molecule has 0 heterocycles. The van der Waals surface area contributed by atoms with Gasteiger partial charge in [-0.05, 0) is 18.2 Å². The van der Waals surface area contributed by atoms with Gasteiger partial charge >= 0.3 is 5.97 Å². The Kier molecular flexibility index (Phi) is 4.66. The normalized spacial score (nSPS) is 10.0. The molecule has 0 aromatic heterocycles. The molecule has 2 N–H and O–H groups in total. The quantitative estimate of drug-likeness (QED) is 0.854. The van der Waals surface area contributed by atoms with Gasteiger partial charge < -0.3 is 19.9 Å². The molecule has 5 heteroatoms. The summed E-state index contributed by atoms with van der Waals surface area (Å²) in [5.41, 5.74) is 1.65. The third-order valence-electron chi connectivity index (χ3n) is 3.12. The Morgan fingerprint density at radius 1 is 1.14 bits per heavy atom. The lowest BCUT2D eigenvalue weighted by Crippen LogP contribution is -2.07. The molecule has 0 aliphatic heterocycles. The van der Waals surface area contributed by atoms with E-state index in [1.54, 1.807) is 26.4 Å². The van der Waals surface area contributed by atoms with Crippen LogP contribution in [0.1, 0.15) is 15.9 Å². The van der Waals surface area contributed by atoms with Gasteiger partial charge in [-0.2, -0.15) is 0 Å². The van der Waals surface area contributed by atoms with Crippen molar-refractivity contribution in [2.45, 2.75) is 6.54 Å². The summed E-state index contributed by atoms with van der Waals surface area (Å²) in [5, 5.41) is 12.3. The van der Waals surface area contributed by atoms with Crippen LogP contribution in [0.2, 0.25) is 0 Å². The fraction of sp³-hybridized carbons (Fsp3) is 0.188. The molecule has 0 spiro atoms. The molecule has 0 radical (unpaired) electrons. The minimum atomic E-state index is -0.986. The van der Waals surface area contributed by atoms with Crippen LogP contribution in [0.25, 0.3) is 0 Å². The largest absolute Gasteiger partial charge is 0.497 e. The van der Waals surface area contributed by atoms with Gasteiger partial charge in [0.15, 0.2) is 0 Å². The minimum Gasteiger partial charge on any atom is -0.497 e. The molecule has 0 fully saturated rings. The molecule has 0 bridgehead atoms. The molecule has 21 heavy (non-hydrogen) atoms. The second-order valence-corrected chi connectivity index (χ2v) is 4.38. The summed E-state index contributed by atoms with van der Waals surface area (Å²) in [4.78, 5) is 11.3. The van der Waals surface area contributed by atoms with Crippen LogP contribution in [0.3, 0.4) is 0 Å². The van der Waals surface area contributed by atoms with Crippen molar-refractivity contribution in [2.24, 2.45) is 0 Å². The van der Waals surface area contributed by atoms with Gasteiger partial charge in [-0.1, -0.05) is 18.2 Å². The molecule has 110 valence electrons. The van der Waals surface area contributed by atoms with Crippen molar-refractivity contribution in [1.82, 2.24) is 0 Å². The van der Waals surface area contributed by atoms with Crippen molar-refractivity contribution in [3.63, 3.8) is 0 Å². The van der Waals surface area contributed by atoms with E-state index in [1.165, 1.54) is 6.07 Å². The number of aromatic carboxylic acids is 1. The van der Waals surface area contributed by atoms with Crippen LogP contribution in [0, 0.1) is 0 Å². The van der Waals surface area contributed by atoms with Crippen LogP contribution >= 0.6 is 0 Å². The molecule has 0 aliphatic carbocycles. The van der Waals surface area contributed by atoms with Crippen LogP contribution in [-0.4, -0.2) is 25.3 Å². The maximum absolute atomic E-state index is 11.3. The summed E-state index contributed by atoms with van der Waals surface area (Å²) in [5.74, 6) is 0.368. The van der Waals surface area contributed by atoms with Crippen LogP contribution in [0.5, 0.6) is 11.5 Å². The Bertz CT molecular complexity index is 640. The number of carbonyl (C=O) groups is 1. The highest BCUT2D eigenvalue weighted by Gasteiger charge is 2.11. The van der Waals surface area contributed by atoms with Crippen molar-refractivity contribution in [1.29, 1.82) is 0 Å². The lowest BCUT2D eigenvalue weighted by molar-refractivity contribution is 0.0698. The topological polar surface area (TPSA) is 67.8 Å². The number of carboxylic acid groups (broad SMARTS) is 1. The maximum atomic E-state index is 11.3. The Morgan fingerprint density at radius 2 is 1.90 bits per heavy atom. The first-order valence-corrected chi connectivity index (χ1v) is 6.42. The van der Waals surface area contributed by atoms with Crippen molar-refractivity contribution in [2.75, 3.05) is 19.5 Å². The lowest BCUT2D eigenvalue weighted by Gasteiger charge is -2.13. The molecule has 0 aliphatic rings. The van der Waals surface area contributed by atoms with E-state index >= 15 is 0 Å². The molecule has 0 atom stereocenters. The highest BCUT2D eigenvalue weighted by atomic mass is 16.5. The minimum absolute atomic E-state index is 0.200. The predicted octanol–water partition coefficient (Wildman–Crippen LogP) is 3.01. The standard InChI is InChI=1S/C16H17NO4/c1-20-12-7-8-13(16(18)19)14(9-12)17-10-11-5-3-4-6-15(11)21-2/h3-9,17H,10H2,1-2H3,(H,18,19). The smallest absolute Gasteiger partial charge is 0.337 e. The second kappa shape index (κ2) is 6.65. The molecule has 0 saturated carbocycles. The van der Waals surface area contributed by atoms with Gasteiger partial charge in [0, 0.05) is 18.2 Å². The van der Waals surface area contributed by atoms with E-state index < -0.39 is 5.97 Å². The van der Waals surface area contributed by atoms with Crippen LogP contribution in [-0.2, 0) is 6.54 Å². The Hall–Kier alpha value is -2.69. The number of methoxy groups -OCH3 is 2. The van der Waals surface area contributed by atoms with Crippen molar-refractivity contribution < 1.29 is 19.4 Å². The number of hydrogen-bond donors (Lipinski definition) is 2. The summed E-state index contributed by atoms with van der Waals surface area (Å²) in [6.07, 6.45) is 0.